The molecule has 0 spiro atoms. The van der Waals surface area contributed by atoms with E-state index in [9.17, 15) is 4.79 Å². The van der Waals surface area contributed by atoms with Crippen LogP contribution in [0, 0.1) is 6.92 Å². The van der Waals surface area contributed by atoms with Crippen molar-refractivity contribution < 1.29 is 4.79 Å². The lowest BCUT2D eigenvalue weighted by Gasteiger charge is -2.29. The highest BCUT2D eigenvalue weighted by molar-refractivity contribution is 5.95. The van der Waals surface area contributed by atoms with E-state index >= 15 is 0 Å². The highest BCUT2D eigenvalue weighted by Crippen LogP contribution is 2.20. The summed E-state index contributed by atoms with van der Waals surface area (Å²) < 4.78 is 0. The van der Waals surface area contributed by atoms with Crippen molar-refractivity contribution in [2.24, 2.45) is 0 Å². The van der Waals surface area contributed by atoms with Crippen molar-refractivity contribution in [1.29, 1.82) is 0 Å². The molecular weight excluding hydrogens is 252 g/mol. The second-order valence-electron chi connectivity index (χ2n) is 5.76. The number of carbonyl (C=O) groups excluding carboxylic acids is 1. The van der Waals surface area contributed by atoms with Gasteiger partial charge in [0.2, 0.25) is 0 Å². The average Bonchev–Trinajstić information content (AvgIpc) is 2.47. The molecule has 5 heteroatoms. The third kappa shape index (κ3) is 2.55. The summed E-state index contributed by atoms with van der Waals surface area (Å²) in [6.07, 6.45) is 0.981. The maximum atomic E-state index is 12.6. The lowest BCUT2D eigenvalue weighted by atomic mass is 10.0. The first-order chi connectivity index (χ1) is 9.65. The Morgan fingerprint density at radius 1 is 1.30 bits per heavy atom. The predicted molar refractivity (Wildman–Crippen MR) is 77.8 cm³/mol. The lowest BCUT2D eigenvalue weighted by molar-refractivity contribution is 0.0734. The minimum absolute atomic E-state index is 0.132. The number of pyridine rings is 1. The highest BCUT2D eigenvalue weighted by atomic mass is 16.2. The van der Waals surface area contributed by atoms with Crippen molar-refractivity contribution in [3.8, 4) is 0 Å². The molecule has 2 aliphatic heterocycles. The maximum Gasteiger partial charge on any atom is 0.255 e. The number of aromatic nitrogens is 1. The van der Waals surface area contributed by atoms with Gasteiger partial charge in [0.05, 0.1) is 11.3 Å². The fourth-order valence-corrected chi connectivity index (χ4v) is 2.97. The number of rotatable bonds is 1. The van der Waals surface area contributed by atoms with Gasteiger partial charge in [-0.3, -0.25) is 9.78 Å². The van der Waals surface area contributed by atoms with E-state index in [4.69, 9.17) is 0 Å². The Morgan fingerprint density at radius 3 is 2.80 bits per heavy atom. The van der Waals surface area contributed by atoms with Crippen molar-refractivity contribution in [2.75, 3.05) is 39.8 Å². The van der Waals surface area contributed by atoms with Crippen LogP contribution in [0.2, 0.25) is 0 Å². The molecular formula is C15H22N4O. The molecule has 1 amide bonds. The van der Waals surface area contributed by atoms with E-state index in [0.717, 1.165) is 62.6 Å². The summed E-state index contributed by atoms with van der Waals surface area (Å²) in [5, 5.41) is 3.28. The maximum absolute atomic E-state index is 12.6. The number of amides is 1. The smallest absolute Gasteiger partial charge is 0.255 e. The van der Waals surface area contributed by atoms with E-state index in [-0.39, 0.29) is 5.91 Å². The van der Waals surface area contributed by atoms with E-state index in [1.165, 1.54) is 5.56 Å². The zero-order valence-electron chi connectivity index (χ0n) is 12.3. The number of aryl methyl sites for hydroxylation is 1. The fourth-order valence-electron chi connectivity index (χ4n) is 2.97. The van der Waals surface area contributed by atoms with Gasteiger partial charge in [0.15, 0.2) is 0 Å². The van der Waals surface area contributed by atoms with E-state index < -0.39 is 0 Å². The standard InChI is InChI=1S/C15H22N4O/c1-11-13(15(20)19-7-4-16-5-8-19)9-12-10-18(2)6-3-14(12)17-11/h9,16H,3-8,10H2,1-2H3. The molecule has 3 heterocycles. The van der Waals surface area contributed by atoms with Gasteiger partial charge >= 0.3 is 0 Å². The van der Waals surface area contributed by atoms with Crippen molar-refractivity contribution in [1.82, 2.24) is 20.1 Å². The number of nitrogens with zero attached hydrogens (tertiary/aromatic N) is 3. The molecule has 20 heavy (non-hydrogen) atoms. The summed E-state index contributed by atoms with van der Waals surface area (Å²) in [7, 11) is 2.11. The minimum atomic E-state index is 0.132. The fraction of sp³-hybridized carbons (Fsp3) is 0.600. The van der Waals surface area contributed by atoms with Gasteiger partial charge < -0.3 is 15.1 Å². The Balaban J connectivity index is 1.89. The SMILES string of the molecule is Cc1nc2c(cc1C(=O)N1CCNCC1)CN(C)CC2. The number of hydrogen-bond acceptors (Lipinski definition) is 4. The first-order valence-corrected chi connectivity index (χ1v) is 7.33. The summed E-state index contributed by atoms with van der Waals surface area (Å²) >= 11 is 0. The Morgan fingerprint density at radius 2 is 2.05 bits per heavy atom. The monoisotopic (exact) mass is 274 g/mol. The second-order valence-corrected chi connectivity index (χ2v) is 5.76. The van der Waals surface area contributed by atoms with Crippen LogP contribution in [0.25, 0.3) is 0 Å². The Kier molecular flexibility index (Phi) is 3.72. The number of likely N-dealkylation sites (N-methyl/N-ethyl adjacent to an activating group) is 1. The Hall–Kier alpha value is -1.46. The molecule has 1 N–H and O–H groups in total. The molecule has 1 aromatic rings. The molecule has 108 valence electrons. The van der Waals surface area contributed by atoms with Gasteiger partial charge in [0.1, 0.15) is 0 Å². The van der Waals surface area contributed by atoms with Crippen molar-refractivity contribution in [3.63, 3.8) is 0 Å². The zero-order valence-corrected chi connectivity index (χ0v) is 12.3. The van der Waals surface area contributed by atoms with Crippen molar-refractivity contribution in [2.45, 2.75) is 19.9 Å². The molecule has 0 radical (unpaired) electrons. The Labute approximate surface area is 120 Å². The van der Waals surface area contributed by atoms with Gasteiger partial charge in [-0.05, 0) is 25.6 Å². The number of nitrogens with one attached hydrogen (secondary N) is 1. The van der Waals surface area contributed by atoms with Crippen LogP contribution in [0.5, 0.6) is 0 Å². The van der Waals surface area contributed by atoms with E-state index in [0.29, 0.717) is 0 Å². The van der Waals surface area contributed by atoms with Crippen LogP contribution < -0.4 is 5.32 Å². The van der Waals surface area contributed by atoms with Gasteiger partial charge in [-0.25, -0.2) is 0 Å². The second kappa shape index (κ2) is 5.50. The van der Waals surface area contributed by atoms with Crippen molar-refractivity contribution in [3.05, 3.63) is 28.6 Å². The van der Waals surface area contributed by atoms with Crippen LogP contribution in [0.3, 0.4) is 0 Å². The van der Waals surface area contributed by atoms with Gasteiger partial charge in [-0.15, -0.1) is 0 Å². The largest absolute Gasteiger partial charge is 0.336 e. The molecule has 3 rings (SSSR count). The number of carbonyl (C=O) groups is 1. The molecule has 5 nitrogen and oxygen atoms in total. The molecule has 0 aliphatic carbocycles. The highest BCUT2D eigenvalue weighted by Gasteiger charge is 2.23. The molecule has 1 fully saturated rings. The van der Waals surface area contributed by atoms with Gasteiger partial charge in [0, 0.05) is 51.4 Å². The van der Waals surface area contributed by atoms with E-state index in [1.807, 2.05) is 11.8 Å². The van der Waals surface area contributed by atoms with Crippen LogP contribution in [0.4, 0.5) is 0 Å². The molecule has 0 saturated carbocycles. The van der Waals surface area contributed by atoms with E-state index in [2.05, 4.69) is 28.3 Å². The summed E-state index contributed by atoms with van der Waals surface area (Å²) in [6, 6.07) is 2.07. The first-order valence-electron chi connectivity index (χ1n) is 7.33. The molecule has 0 unspecified atom stereocenters. The third-order valence-electron chi connectivity index (χ3n) is 4.19. The Bertz CT molecular complexity index is 523. The minimum Gasteiger partial charge on any atom is -0.336 e. The molecule has 0 bridgehead atoms. The molecule has 1 aromatic heterocycles. The summed E-state index contributed by atoms with van der Waals surface area (Å²) in [5.41, 5.74) is 4.03. The van der Waals surface area contributed by atoms with Gasteiger partial charge in [-0.2, -0.15) is 0 Å². The molecule has 0 atom stereocenters. The molecule has 0 aromatic carbocycles. The quantitative estimate of drug-likeness (QED) is 0.806. The van der Waals surface area contributed by atoms with E-state index in [1.54, 1.807) is 0 Å². The number of piperazine rings is 1. The van der Waals surface area contributed by atoms with Gasteiger partial charge in [-0.1, -0.05) is 0 Å². The van der Waals surface area contributed by atoms with Crippen LogP contribution in [0.15, 0.2) is 6.07 Å². The molecule has 2 aliphatic rings. The number of fused-ring (bicyclic) bond motifs is 1. The van der Waals surface area contributed by atoms with Crippen LogP contribution in [-0.4, -0.2) is 60.5 Å². The number of hydrogen-bond donors (Lipinski definition) is 1. The predicted octanol–water partition coefficient (Wildman–Crippen LogP) is 0.423. The van der Waals surface area contributed by atoms with Crippen LogP contribution in [-0.2, 0) is 13.0 Å². The molecule has 1 saturated heterocycles. The summed E-state index contributed by atoms with van der Waals surface area (Å²) in [6.45, 7) is 7.23. The van der Waals surface area contributed by atoms with Crippen LogP contribution >= 0.6 is 0 Å². The topological polar surface area (TPSA) is 48.5 Å². The average molecular weight is 274 g/mol. The summed E-state index contributed by atoms with van der Waals surface area (Å²) in [4.78, 5) is 21.5. The summed E-state index contributed by atoms with van der Waals surface area (Å²) in [5.74, 6) is 0.132. The third-order valence-corrected chi connectivity index (χ3v) is 4.19. The lowest BCUT2D eigenvalue weighted by Crippen LogP contribution is -2.46. The first kappa shape index (κ1) is 13.5. The normalized spacial score (nSPS) is 19.8. The van der Waals surface area contributed by atoms with Gasteiger partial charge in [0.25, 0.3) is 5.91 Å². The van der Waals surface area contributed by atoms with Crippen LogP contribution in [0.1, 0.15) is 27.3 Å². The zero-order chi connectivity index (χ0) is 14.1. The van der Waals surface area contributed by atoms with Crippen molar-refractivity contribution >= 4 is 5.91 Å².